The van der Waals surface area contributed by atoms with Crippen LogP contribution < -0.4 is 4.72 Å². The molecule has 2 aromatic heterocycles. The van der Waals surface area contributed by atoms with Gasteiger partial charge in [-0.15, -0.1) is 11.3 Å². The Hall–Kier alpha value is -1.35. The Morgan fingerprint density at radius 2 is 2.14 bits per heavy atom. The lowest BCUT2D eigenvalue weighted by molar-refractivity contribution is 0.303. The quantitative estimate of drug-likeness (QED) is 0.879. The number of hydrogen-bond acceptors (Lipinski definition) is 5. The van der Waals surface area contributed by atoms with Crippen molar-refractivity contribution in [1.82, 2.24) is 14.6 Å². The summed E-state index contributed by atoms with van der Waals surface area (Å²) in [4.78, 5) is 6.54. The lowest BCUT2D eigenvalue weighted by Gasteiger charge is -2.23. The van der Waals surface area contributed by atoms with Crippen LogP contribution in [-0.4, -0.2) is 38.9 Å². The molecule has 1 unspecified atom stereocenters. The van der Waals surface area contributed by atoms with Gasteiger partial charge in [0.1, 0.15) is 0 Å². The predicted molar refractivity (Wildman–Crippen MR) is 80.1 cm³/mol. The van der Waals surface area contributed by atoms with Gasteiger partial charge in [0.05, 0.1) is 6.04 Å². The summed E-state index contributed by atoms with van der Waals surface area (Å²) in [6, 6.07) is 6.15. The SMILES string of the molecule is CN(C)C(CNS(=O)(=O)c1ncccc1F)c1cccs1. The van der Waals surface area contributed by atoms with E-state index in [0.29, 0.717) is 0 Å². The van der Waals surface area contributed by atoms with E-state index in [9.17, 15) is 12.8 Å². The van der Waals surface area contributed by atoms with E-state index in [1.165, 1.54) is 12.3 Å². The second kappa shape index (κ2) is 6.61. The highest BCUT2D eigenvalue weighted by molar-refractivity contribution is 7.89. The molecule has 0 radical (unpaired) electrons. The third kappa shape index (κ3) is 3.85. The van der Waals surface area contributed by atoms with Crippen molar-refractivity contribution in [3.8, 4) is 0 Å². The lowest BCUT2D eigenvalue weighted by Crippen LogP contribution is -2.34. The molecule has 0 saturated heterocycles. The highest BCUT2D eigenvalue weighted by Crippen LogP contribution is 2.23. The van der Waals surface area contributed by atoms with Crippen molar-refractivity contribution >= 4 is 21.4 Å². The van der Waals surface area contributed by atoms with Crippen LogP contribution in [0.1, 0.15) is 10.9 Å². The molecule has 8 heteroatoms. The first-order valence-corrected chi connectivity index (χ1v) is 8.58. The van der Waals surface area contributed by atoms with Crippen molar-refractivity contribution in [1.29, 1.82) is 0 Å². The van der Waals surface area contributed by atoms with Gasteiger partial charge >= 0.3 is 0 Å². The Balaban J connectivity index is 2.16. The van der Waals surface area contributed by atoms with E-state index in [0.717, 1.165) is 10.9 Å². The van der Waals surface area contributed by atoms with E-state index in [2.05, 4.69) is 9.71 Å². The monoisotopic (exact) mass is 329 g/mol. The maximum atomic E-state index is 13.6. The Kier molecular flexibility index (Phi) is 5.04. The van der Waals surface area contributed by atoms with Crippen LogP contribution in [0, 0.1) is 5.82 Å². The van der Waals surface area contributed by atoms with Gasteiger partial charge in [-0.2, -0.15) is 0 Å². The first kappa shape index (κ1) is 16.0. The zero-order valence-corrected chi connectivity index (χ0v) is 13.3. The van der Waals surface area contributed by atoms with E-state index >= 15 is 0 Å². The fraction of sp³-hybridized carbons (Fsp3) is 0.308. The van der Waals surface area contributed by atoms with Gasteiger partial charge in [-0.25, -0.2) is 22.5 Å². The minimum atomic E-state index is -3.97. The molecular formula is C13H16FN3O2S2. The van der Waals surface area contributed by atoms with E-state index in [-0.39, 0.29) is 12.6 Å². The van der Waals surface area contributed by atoms with E-state index in [1.807, 2.05) is 36.5 Å². The first-order valence-electron chi connectivity index (χ1n) is 6.22. The summed E-state index contributed by atoms with van der Waals surface area (Å²) in [5, 5.41) is 1.35. The number of pyridine rings is 1. The minimum absolute atomic E-state index is 0.119. The van der Waals surface area contributed by atoms with Crippen LogP contribution in [0.5, 0.6) is 0 Å². The molecule has 0 saturated carbocycles. The molecule has 1 atom stereocenters. The van der Waals surface area contributed by atoms with Crippen LogP contribution >= 0.6 is 11.3 Å². The number of sulfonamides is 1. The highest BCUT2D eigenvalue weighted by Gasteiger charge is 2.23. The van der Waals surface area contributed by atoms with Crippen molar-refractivity contribution in [2.75, 3.05) is 20.6 Å². The molecule has 0 aliphatic heterocycles. The van der Waals surface area contributed by atoms with Crippen molar-refractivity contribution in [2.45, 2.75) is 11.1 Å². The summed E-state index contributed by atoms with van der Waals surface area (Å²) >= 11 is 1.54. The number of nitrogens with one attached hydrogen (secondary N) is 1. The Bertz CT molecular complexity index is 687. The number of halogens is 1. The molecule has 0 aliphatic carbocycles. The summed E-state index contributed by atoms with van der Waals surface area (Å²) in [6.45, 7) is 0.145. The summed E-state index contributed by atoms with van der Waals surface area (Å²) in [5.74, 6) is -0.859. The van der Waals surface area contributed by atoms with Crippen LogP contribution in [0.15, 0.2) is 40.9 Å². The third-order valence-corrected chi connectivity index (χ3v) is 5.27. The summed E-state index contributed by atoms with van der Waals surface area (Å²) in [6.07, 6.45) is 1.25. The number of nitrogens with zero attached hydrogens (tertiary/aromatic N) is 2. The molecule has 2 aromatic rings. The molecule has 21 heavy (non-hydrogen) atoms. The zero-order chi connectivity index (χ0) is 15.5. The van der Waals surface area contributed by atoms with Crippen LogP contribution in [0.3, 0.4) is 0 Å². The molecule has 2 rings (SSSR count). The summed E-state index contributed by atoms with van der Waals surface area (Å²) < 4.78 is 40.2. The first-order chi connectivity index (χ1) is 9.92. The lowest BCUT2D eigenvalue weighted by atomic mass is 10.2. The van der Waals surface area contributed by atoms with Gasteiger partial charge in [0.25, 0.3) is 10.0 Å². The fourth-order valence-corrected chi connectivity index (χ4v) is 3.81. The number of likely N-dealkylation sites (N-methyl/N-ethyl adjacent to an activating group) is 1. The molecule has 0 fully saturated rings. The average Bonchev–Trinajstić information content (AvgIpc) is 2.92. The standard InChI is InChI=1S/C13H16FN3O2S2/c1-17(2)11(12-6-4-8-20-12)9-16-21(18,19)13-10(14)5-3-7-15-13/h3-8,11,16H,9H2,1-2H3. The minimum Gasteiger partial charge on any atom is -0.300 e. The van der Waals surface area contributed by atoms with Gasteiger partial charge in [-0.3, -0.25) is 0 Å². The maximum absolute atomic E-state index is 13.6. The number of rotatable bonds is 6. The molecule has 0 aromatic carbocycles. The highest BCUT2D eigenvalue weighted by atomic mass is 32.2. The second-order valence-electron chi connectivity index (χ2n) is 4.64. The Morgan fingerprint density at radius 1 is 1.38 bits per heavy atom. The molecule has 0 amide bonds. The molecule has 5 nitrogen and oxygen atoms in total. The van der Waals surface area contributed by atoms with Crippen molar-refractivity contribution < 1.29 is 12.8 Å². The fourth-order valence-electron chi connectivity index (χ4n) is 1.84. The number of hydrogen-bond donors (Lipinski definition) is 1. The molecule has 0 bridgehead atoms. The van der Waals surface area contributed by atoms with Crippen LogP contribution in [-0.2, 0) is 10.0 Å². The van der Waals surface area contributed by atoms with Crippen LogP contribution in [0.4, 0.5) is 4.39 Å². The maximum Gasteiger partial charge on any atom is 0.261 e. The van der Waals surface area contributed by atoms with Crippen LogP contribution in [0.2, 0.25) is 0 Å². The van der Waals surface area contributed by atoms with Crippen molar-refractivity contribution in [3.05, 3.63) is 46.5 Å². The largest absolute Gasteiger partial charge is 0.300 e. The van der Waals surface area contributed by atoms with E-state index in [4.69, 9.17) is 0 Å². The molecule has 0 aliphatic rings. The van der Waals surface area contributed by atoms with Gasteiger partial charge in [-0.1, -0.05) is 6.07 Å². The topological polar surface area (TPSA) is 62.3 Å². The second-order valence-corrected chi connectivity index (χ2v) is 7.30. The van der Waals surface area contributed by atoms with Gasteiger partial charge in [-0.05, 0) is 37.7 Å². The van der Waals surface area contributed by atoms with E-state index < -0.39 is 20.9 Å². The third-order valence-electron chi connectivity index (χ3n) is 2.94. The van der Waals surface area contributed by atoms with Gasteiger partial charge < -0.3 is 4.90 Å². The molecule has 114 valence electrons. The predicted octanol–water partition coefficient (Wildman–Crippen LogP) is 1.86. The molecule has 2 heterocycles. The van der Waals surface area contributed by atoms with Crippen molar-refractivity contribution in [2.24, 2.45) is 0 Å². The zero-order valence-electron chi connectivity index (χ0n) is 11.7. The summed E-state index contributed by atoms with van der Waals surface area (Å²) in [7, 11) is -0.246. The summed E-state index contributed by atoms with van der Waals surface area (Å²) in [5.41, 5.74) is 0. The van der Waals surface area contributed by atoms with Gasteiger partial charge in [0.2, 0.25) is 5.03 Å². The smallest absolute Gasteiger partial charge is 0.261 e. The van der Waals surface area contributed by atoms with Crippen LogP contribution in [0.25, 0.3) is 0 Å². The Labute approximate surface area is 127 Å². The molecular weight excluding hydrogens is 313 g/mol. The van der Waals surface area contributed by atoms with Gasteiger partial charge in [0.15, 0.2) is 5.82 Å². The average molecular weight is 329 g/mol. The Morgan fingerprint density at radius 3 is 2.71 bits per heavy atom. The number of thiophene rings is 1. The molecule has 1 N–H and O–H groups in total. The normalized spacial score (nSPS) is 13.5. The van der Waals surface area contributed by atoms with E-state index in [1.54, 1.807) is 11.3 Å². The van der Waals surface area contributed by atoms with Gasteiger partial charge in [0, 0.05) is 17.6 Å². The number of aromatic nitrogens is 1. The van der Waals surface area contributed by atoms with Crippen molar-refractivity contribution in [3.63, 3.8) is 0 Å². The molecule has 0 spiro atoms.